The van der Waals surface area contributed by atoms with Crippen molar-refractivity contribution in [2.24, 2.45) is 12.5 Å². The number of aryl methyl sites for hydroxylation is 1. The van der Waals surface area contributed by atoms with Gasteiger partial charge in [0.25, 0.3) is 0 Å². The van der Waals surface area contributed by atoms with Gasteiger partial charge in [0.1, 0.15) is 11.3 Å². The van der Waals surface area contributed by atoms with Crippen LogP contribution in [-0.2, 0) is 7.05 Å². The van der Waals surface area contributed by atoms with Crippen LogP contribution < -0.4 is 15.0 Å². The highest BCUT2D eigenvalue weighted by Gasteiger charge is 2.44. The molecule has 0 aromatic carbocycles. The Hall–Kier alpha value is -2.54. The SMILES string of the molecule is COc1cc(-c2cnn(C)c2)cn2ncc(N3CC4(CCNCC4)C3)c12. The van der Waals surface area contributed by atoms with E-state index >= 15 is 0 Å². The van der Waals surface area contributed by atoms with Crippen LogP contribution in [0.1, 0.15) is 12.8 Å². The topological polar surface area (TPSA) is 59.6 Å². The highest BCUT2D eigenvalue weighted by molar-refractivity contribution is 5.82. The molecule has 0 aliphatic carbocycles. The zero-order valence-corrected chi connectivity index (χ0v) is 15.3. The molecule has 1 N–H and O–H groups in total. The second-order valence-electron chi connectivity index (χ2n) is 7.63. The molecule has 5 heterocycles. The third-order valence-electron chi connectivity index (χ3n) is 5.87. The summed E-state index contributed by atoms with van der Waals surface area (Å²) in [5.41, 5.74) is 4.81. The van der Waals surface area contributed by atoms with E-state index in [2.05, 4.69) is 32.7 Å². The van der Waals surface area contributed by atoms with Crippen LogP contribution in [-0.4, -0.2) is 52.7 Å². The highest BCUT2D eigenvalue weighted by atomic mass is 16.5. The maximum atomic E-state index is 5.73. The first-order chi connectivity index (χ1) is 12.7. The third kappa shape index (κ3) is 2.38. The minimum absolute atomic E-state index is 0.488. The fraction of sp³-hybridized carbons (Fsp3) is 0.474. The van der Waals surface area contributed by atoms with Crippen LogP contribution in [0.5, 0.6) is 5.75 Å². The predicted molar refractivity (Wildman–Crippen MR) is 101 cm³/mol. The lowest BCUT2D eigenvalue weighted by Gasteiger charge is -2.53. The van der Waals surface area contributed by atoms with E-state index in [0.29, 0.717) is 5.41 Å². The molecule has 1 spiro atoms. The molecule has 5 rings (SSSR count). The lowest BCUT2D eigenvalue weighted by atomic mass is 9.72. The molecular weight excluding hydrogens is 328 g/mol. The van der Waals surface area contributed by atoms with E-state index in [0.717, 1.165) is 48.6 Å². The van der Waals surface area contributed by atoms with Crippen molar-refractivity contribution in [2.45, 2.75) is 12.8 Å². The van der Waals surface area contributed by atoms with Gasteiger partial charge in [0.05, 0.1) is 25.2 Å². The standard InChI is InChI=1S/C19H24N6O/c1-23-10-15(8-21-23)14-7-17(26-2)18-16(9-22-25(18)11-14)24-12-19(13-24)3-5-20-6-4-19/h7-11,20H,3-6,12-13H2,1-2H3. The average molecular weight is 352 g/mol. The summed E-state index contributed by atoms with van der Waals surface area (Å²) >= 11 is 0. The van der Waals surface area contributed by atoms with Crippen LogP contribution in [0.3, 0.4) is 0 Å². The summed E-state index contributed by atoms with van der Waals surface area (Å²) in [4.78, 5) is 2.44. The monoisotopic (exact) mass is 352 g/mol. The summed E-state index contributed by atoms with van der Waals surface area (Å²) in [6.07, 6.45) is 10.4. The van der Waals surface area contributed by atoms with Crippen LogP contribution >= 0.6 is 0 Å². The molecule has 7 heteroatoms. The van der Waals surface area contributed by atoms with E-state index in [1.165, 1.54) is 18.5 Å². The number of ether oxygens (including phenoxy) is 1. The van der Waals surface area contributed by atoms with Crippen molar-refractivity contribution in [3.63, 3.8) is 0 Å². The number of pyridine rings is 1. The lowest BCUT2D eigenvalue weighted by Crippen LogP contribution is -2.60. The van der Waals surface area contributed by atoms with Gasteiger partial charge in [0.15, 0.2) is 0 Å². The van der Waals surface area contributed by atoms with Gasteiger partial charge in [-0.15, -0.1) is 0 Å². The molecule has 3 aromatic rings. The van der Waals surface area contributed by atoms with Crippen molar-refractivity contribution in [3.05, 3.63) is 30.9 Å². The van der Waals surface area contributed by atoms with Crippen LogP contribution in [0.15, 0.2) is 30.9 Å². The molecular formula is C19H24N6O. The predicted octanol–water partition coefficient (Wildman–Crippen LogP) is 1.93. The normalized spacial score (nSPS) is 19.1. The number of hydrogen-bond acceptors (Lipinski definition) is 5. The number of methoxy groups -OCH3 is 1. The van der Waals surface area contributed by atoms with Crippen molar-refractivity contribution in [1.82, 2.24) is 24.7 Å². The van der Waals surface area contributed by atoms with Gasteiger partial charge >= 0.3 is 0 Å². The smallest absolute Gasteiger partial charge is 0.147 e. The molecule has 2 saturated heterocycles. The van der Waals surface area contributed by atoms with Crippen molar-refractivity contribution in [2.75, 3.05) is 38.2 Å². The second kappa shape index (κ2) is 5.74. The highest BCUT2D eigenvalue weighted by Crippen LogP contribution is 2.44. The Balaban J connectivity index is 1.50. The van der Waals surface area contributed by atoms with Gasteiger partial charge in [0.2, 0.25) is 0 Å². The Kier molecular flexibility index (Phi) is 3.46. The van der Waals surface area contributed by atoms with Gasteiger partial charge in [-0.2, -0.15) is 10.2 Å². The Morgan fingerprint density at radius 3 is 2.58 bits per heavy atom. The molecule has 0 atom stereocenters. The van der Waals surface area contributed by atoms with Crippen molar-refractivity contribution < 1.29 is 4.74 Å². The maximum Gasteiger partial charge on any atom is 0.147 e. The molecule has 2 aliphatic rings. The number of rotatable bonds is 3. The first kappa shape index (κ1) is 15.7. The van der Waals surface area contributed by atoms with Gasteiger partial charge in [-0.1, -0.05) is 0 Å². The van der Waals surface area contributed by atoms with Crippen LogP contribution in [0.2, 0.25) is 0 Å². The zero-order valence-electron chi connectivity index (χ0n) is 15.3. The van der Waals surface area contributed by atoms with E-state index in [1.807, 2.05) is 30.2 Å². The third-order valence-corrected chi connectivity index (χ3v) is 5.87. The number of hydrogen-bond donors (Lipinski definition) is 1. The lowest BCUT2D eigenvalue weighted by molar-refractivity contribution is 0.150. The van der Waals surface area contributed by atoms with Gasteiger partial charge < -0.3 is 15.0 Å². The Morgan fingerprint density at radius 1 is 1.08 bits per heavy atom. The van der Waals surface area contributed by atoms with E-state index in [1.54, 1.807) is 11.8 Å². The summed E-state index contributed by atoms with van der Waals surface area (Å²) in [5.74, 6) is 0.852. The molecule has 0 unspecified atom stereocenters. The Labute approximate surface area is 152 Å². The largest absolute Gasteiger partial charge is 0.494 e. The fourth-order valence-electron chi connectivity index (χ4n) is 4.39. The van der Waals surface area contributed by atoms with Gasteiger partial charge in [-0.3, -0.25) is 4.68 Å². The minimum atomic E-state index is 0.488. The number of nitrogens with one attached hydrogen (secondary N) is 1. The minimum Gasteiger partial charge on any atom is -0.494 e. The maximum absolute atomic E-state index is 5.73. The first-order valence-electron chi connectivity index (χ1n) is 9.18. The summed E-state index contributed by atoms with van der Waals surface area (Å²) in [5, 5.41) is 12.3. The van der Waals surface area contributed by atoms with Crippen LogP contribution in [0.4, 0.5) is 5.69 Å². The molecule has 136 valence electrons. The van der Waals surface area contributed by atoms with E-state index in [4.69, 9.17) is 4.74 Å². The van der Waals surface area contributed by atoms with Crippen LogP contribution in [0.25, 0.3) is 16.6 Å². The van der Waals surface area contributed by atoms with Gasteiger partial charge in [-0.05, 0) is 32.0 Å². The fourth-order valence-corrected chi connectivity index (χ4v) is 4.39. The summed E-state index contributed by atoms with van der Waals surface area (Å²) < 4.78 is 9.47. The molecule has 3 aromatic heterocycles. The zero-order chi connectivity index (χ0) is 17.7. The number of piperidine rings is 1. The molecule has 2 aliphatic heterocycles. The summed E-state index contributed by atoms with van der Waals surface area (Å²) in [6.45, 7) is 4.51. The average Bonchev–Trinajstić information content (AvgIpc) is 3.25. The molecule has 0 radical (unpaired) electrons. The Morgan fingerprint density at radius 2 is 1.88 bits per heavy atom. The van der Waals surface area contributed by atoms with Gasteiger partial charge in [0, 0.05) is 49.1 Å². The molecule has 26 heavy (non-hydrogen) atoms. The first-order valence-corrected chi connectivity index (χ1v) is 9.18. The summed E-state index contributed by atoms with van der Waals surface area (Å²) in [7, 11) is 3.65. The number of aromatic nitrogens is 4. The van der Waals surface area contributed by atoms with E-state index in [9.17, 15) is 0 Å². The summed E-state index contributed by atoms with van der Waals surface area (Å²) in [6, 6.07) is 2.08. The van der Waals surface area contributed by atoms with Crippen LogP contribution in [0, 0.1) is 5.41 Å². The van der Waals surface area contributed by atoms with Crippen molar-refractivity contribution in [1.29, 1.82) is 0 Å². The molecule has 0 bridgehead atoms. The molecule has 0 saturated carbocycles. The van der Waals surface area contributed by atoms with Crippen molar-refractivity contribution in [3.8, 4) is 16.9 Å². The van der Waals surface area contributed by atoms with Crippen molar-refractivity contribution >= 4 is 11.2 Å². The number of fused-ring (bicyclic) bond motifs is 1. The molecule has 0 amide bonds. The molecule has 2 fully saturated rings. The van der Waals surface area contributed by atoms with E-state index in [-0.39, 0.29) is 0 Å². The molecule has 7 nitrogen and oxygen atoms in total. The number of nitrogens with zero attached hydrogens (tertiary/aromatic N) is 5. The second-order valence-corrected chi connectivity index (χ2v) is 7.63. The quantitative estimate of drug-likeness (QED) is 0.781. The van der Waals surface area contributed by atoms with Gasteiger partial charge in [-0.25, -0.2) is 4.52 Å². The Bertz CT molecular complexity index is 944. The van der Waals surface area contributed by atoms with E-state index < -0.39 is 0 Å². The number of anilines is 1.